The molecule has 0 unspecified atom stereocenters. The van der Waals surface area contributed by atoms with Gasteiger partial charge in [0.15, 0.2) is 51.8 Å². The lowest BCUT2D eigenvalue weighted by atomic mass is 9.96. The molecule has 0 aliphatic heterocycles. The van der Waals surface area contributed by atoms with Gasteiger partial charge in [-0.1, -0.05) is 67.7 Å². The van der Waals surface area contributed by atoms with Gasteiger partial charge < -0.3 is 62.4 Å². The normalized spacial score (nSPS) is 13.5. The molecule has 0 fully saturated rings. The van der Waals surface area contributed by atoms with E-state index < -0.39 is 112 Å². The van der Waals surface area contributed by atoms with Crippen LogP contribution >= 0.6 is 22.7 Å². The lowest BCUT2D eigenvalue weighted by molar-refractivity contribution is -0.156. The zero-order chi connectivity index (χ0) is 71.9. The lowest BCUT2D eigenvalue weighted by Crippen LogP contribution is -2.48. The average molecular weight is 1360 g/mol. The van der Waals surface area contributed by atoms with E-state index in [1.165, 1.54) is 64.4 Å². The Labute approximate surface area is 559 Å². The standard InChI is InChI=1S/C33H44N4O9S.C19H28N2O5.C13H17N3O5S/c1-19(13-24(40)16-34-32-35-17-25(18-38)47-32)30(44)36-21(3)28(42)14-20(2)31(45)37-26(15-22-7-9-23(39)10-8-22)27(41)11-12-29(43)46-33(4,5)6;1-12(20)18(25)21-15(11-13-5-7-14(22)8-6-13)16(23)9-10-17(24)26-19(2,3)4;1-7(11(19)16-8(2)12(20)21)3-9(18)4-14-13-15-5-10(6-17)22-13/h7-10,17-21,26,39H,11-16H2,1-6H3,(H,34,35)(H,36,44)(H,37,45);5-8,12,15,22H,9-11,20H2,1-4H3,(H,21,25);5-8H,3-4H2,1-2H3,(H,14,15)(H,16,19)(H,20,21)/t19-,20-,21+,26+;12-,15-;7-,8+/m101/s1. The molecule has 0 bridgehead atoms. The Morgan fingerprint density at radius 3 is 1.19 bits per heavy atom. The number of phenols is 2. The molecule has 28 nitrogen and oxygen atoms in total. The first-order valence-corrected chi connectivity index (χ1v) is 32.0. The molecule has 8 atom stereocenters. The van der Waals surface area contributed by atoms with Gasteiger partial charge >= 0.3 is 17.9 Å². The van der Waals surface area contributed by atoms with Crippen molar-refractivity contribution in [1.29, 1.82) is 0 Å². The number of carboxylic acid groups (broad SMARTS) is 1. The van der Waals surface area contributed by atoms with Crippen LogP contribution in [0, 0.1) is 17.8 Å². The number of hydrogen-bond acceptors (Lipinski definition) is 25. The van der Waals surface area contributed by atoms with Crippen LogP contribution in [0.15, 0.2) is 60.9 Å². The van der Waals surface area contributed by atoms with E-state index in [4.69, 9.17) is 20.3 Å². The van der Waals surface area contributed by atoms with Gasteiger partial charge in [0, 0.05) is 49.9 Å². The number of anilines is 2. The second-order valence-corrected chi connectivity index (χ2v) is 26.6. The molecule has 0 saturated heterocycles. The molecule has 95 heavy (non-hydrogen) atoms. The molecular formula is C65H89N9O19S2. The van der Waals surface area contributed by atoms with Crippen molar-refractivity contribution < 1.29 is 91.9 Å². The highest BCUT2D eigenvalue weighted by Crippen LogP contribution is 2.20. The Kier molecular flexibility index (Phi) is 34.6. The molecular weight excluding hydrogens is 1270 g/mol. The van der Waals surface area contributed by atoms with Gasteiger partial charge in [-0.25, -0.2) is 9.97 Å². The zero-order valence-corrected chi connectivity index (χ0v) is 57.1. The topological polar surface area (TPSA) is 442 Å². The molecule has 0 radical (unpaired) electrons. The molecule has 30 heteroatoms. The maximum atomic E-state index is 13.1. The van der Waals surface area contributed by atoms with Crippen molar-refractivity contribution in [3.63, 3.8) is 0 Å². The number of esters is 2. The SMILES string of the molecule is C[C@H](CC(=O)CNc1ncc(C=O)s1)C(=O)N[C@@H](C)C(=O)C[C@@H](C)C(=O)N[C@@H](Cc1ccc(O)cc1)C(=O)CCC(=O)OC(C)(C)C.C[C@H](CC(=O)CNc1ncc(C=O)s1)C(=O)N[C@@H](C)C(=O)O.C[C@H](N)C(=O)N[C@@H](Cc1ccc(O)cc1)C(=O)CCC(=O)OC(C)(C)C. The summed E-state index contributed by atoms with van der Waals surface area (Å²) in [6, 6.07) is 7.99. The number of aromatic hydroxyl groups is 2. The number of aldehydes is 2. The van der Waals surface area contributed by atoms with Crippen molar-refractivity contribution in [3.05, 3.63) is 81.8 Å². The van der Waals surface area contributed by atoms with Crippen molar-refractivity contribution >= 4 is 116 Å². The molecule has 11 N–H and O–H groups in total. The predicted octanol–water partition coefficient (Wildman–Crippen LogP) is 5.20. The summed E-state index contributed by atoms with van der Waals surface area (Å²) < 4.78 is 10.5. The van der Waals surface area contributed by atoms with Crippen molar-refractivity contribution in [2.24, 2.45) is 23.5 Å². The molecule has 4 amide bonds. The van der Waals surface area contributed by atoms with E-state index in [1.807, 2.05) is 0 Å². The number of ether oxygens (including phenoxy) is 2. The van der Waals surface area contributed by atoms with Crippen molar-refractivity contribution in [2.45, 2.75) is 182 Å². The average Bonchev–Trinajstić information content (AvgIpc) is 1.69. The number of aromatic nitrogens is 2. The minimum Gasteiger partial charge on any atom is -0.508 e. The van der Waals surface area contributed by atoms with Gasteiger partial charge in [0.1, 0.15) is 28.7 Å². The highest BCUT2D eigenvalue weighted by atomic mass is 32.1. The number of nitrogens with one attached hydrogen (secondary N) is 6. The minimum atomic E-state index is -1.14. The number of carbonyl (C=O) groups excluding carboxylic acids is 13. The first kappa shape index (κ1) is 81.9. The van der Waals surface area contributed by atoms with E-state index in [9.17, 15) is 77.3 Å². The molecule has 2 aromatic heterocycles. The van der Waals surface area contributed by atoms with Gasteiger partial charge in [0.25, 0.3) is 0 Å². The number of carbonyl (C=O) groups is 14. The van der Waals surface area contributed by atoms with E-state index in [1.54, 1.807) is 79.7 Å². The molecule has 2 heterocycles. The van der Waals surface area contributed by atoms with Crippen molar-refractivity contribution in [2.75, 3.05) is 23.7 Å². The number of hydrogen-bond donors (Lipinski definition) is 10. The number of Topliss-reactive ketones (excluding diaryl/α,β-unsaturated/α-hetero) is 5. The Hall–Kier alpha value is -9.16. The fourth-order valence-corrected chi connectivity index (χ4v) is 9.31. The van der Waals surface area contributed by atoms with E-state index >= 15 is 0 Å². The van der Waals surface area contributed by atoms with Crippen LogP contribution in [0.4, 0.5) is 10.3 Å². The fraction of sp³-hybridized carbons (Fsp3) is 0.508. The van der Waals surface area contributed by atoms with Crippen LogP contribution in [-0.2, 0) is 79.8 Å². The van der Waals surface area contributed by atoms with Crippen LogP contribution < -0.4 is 37.6 Å². The van der Waals surface area contributed by atoms with Crippen LogP contribution in [0.2, 0.25) is 0 Å². The summed E-state index contributed by atoms with van der Waals surface area (Å²) in [6.07, 6.45) is 3.67. The number of aliphatic carboxylic acids is 1. The summed E-state index contributed by atoms with van der Waals surface area (Å²) in [5.74, 6) is -7.75. The van der Waals surface area contributed by atoms with E-state index in [0.29, 0.717) is 38.2 Å². The van der Waals surface area contributed by atoms with E-state index in [2.05, 4.69) is 41.9 Å². The van der Waals surface area contributed by atoms with Crippen LogP contribution in [0.3, 0.4) is 0 Å². The second kappa shape index (κ2) is 40.2. The molecule has 520 valence electrons. The summed E-state index contributed by atoms with van der Waals surface area (Å²) in [5.41, 5.74) is 5.66. The predicted molar refractivity (Wildman–Crippen MR) is 352 cm³/mol. The number of carboxylic acids is 1. The van der Waals surface area contributed by atoms with Crippen molar-refractivity contribution in [3.8, 4) is 11.5 Å². The van der Waals surface area contributed by atoms with E-state index in [0.717, 1.165) is 28.2 Å². The van der Waals surface area contributed by atoms with E-state index in [-0.39, 0.29) is 99.7 Å². The zero-order valence-electron chi connectivity index (χ0n) is 55.5. The van der Waals surface area contributed by atoms with Gasteiger partial charge in [-0.15, -0.1) is 0 Å². The van der Waals surface area contributed by atoms with Gasteiger partial charge in [-0.3, -0.25) is 67.1 Å². The fourth-order valence-electron chi connectivity index (χ4n) is 8.06. The highest BCUT2D eigenvalue weighted by Gasteiger charge is 2.30. The summed E-state index contributed by atoms with van der Waals surface area (Å²) in [5, 5.41) is 44.3. The third-order valence-corrected chi connectivity index (χ3v) is 15.0. The van der Waals surface area contributed by atoms with Crippen LogP contribution in [0.5, 0.6) is 11.5 Å². The number of amides is 4. The van der Waals surface area contributed by atoms with Crippen LogP contribution in [0.25, 0.3) is 0 Å². The van der Waals surface area contributed by atoms with Crippen LogP contribution in [-0.4, -0.2) is 163 Å². The number of nitrogens with two attached hydrogens (primary N) is 1. The maximum Gasteiger partial charge on any atom is 0.325 e. The summed E-state index contributed by atoms with van der Waals surface area (Å²) in [6.45, 7) is 19.3. The molecule has 0 aliphatic rings. The smallest absolute Gasteiger partial charge is 0.325 e. The Bertz CT molecular complexity index is 3280. The maximum absolute atomic E-state index is 13.1. The number of thiazole rings is 2. The second-order valence-electron chi connectivity index (χ2n) is 24.5. The number of benzene rings is 2. The number of phenolic OH excluding ortho intramolecular Hbond substituents is 2. The Morgan fingerprint density at radius 1 is 0.505 bits per heavy atom. The highest BCUT2D eigenvalue weighted by molar-refractivity contribution is 7.17. The third kappa shape index (κ3) is 34.0. The van der Waals surface area contributed by atoms with Gasteiger partial charge in [-0.2, -0.15) is 0 Å². The summed E-state index contributed by atoms with van der Waals surface area (Å²) >= 11 is 2.22. The quantitative estimate of drug-likeness (QED) is 0.0207. The third-order valence-electron chi connectivity index (χ3n) is 13.2. The van der Waals surface area contributed by atoms with Gasteiger partial charge in [-0.05, 0) is 111 Å². The van der Waals surface area contributed by atoms with Gasteiger partial charge in [0.2, 0.25) is 23.6 Å². The van der Waals surface area contributed by atoms with Crippen molar-refractivity contribution in [1.82, 2.24) is 31.2 Å². The first-order chi connectivity index (χ1) is 44.3. The monoisotopic (exact) mass is 1360 g/mol. The molecule has 0 saturated carbocycles. The first-order valence-electron chi connectivity index (χ1n) is 30.4. The number of rotatable bonds is 36. The minimum absolute atomic E-state index is 0.0160. The van der Waals surface area contributed by atoms with Crippen LogP contribution in [0.1, 0.15) is 159 Å². The lowest BCUT2D eigenvalue weighted by Gasteiger charge is -2.22. The Morgan fingerprint density at radius 2 is 0.853 bits per heavy atom. The molecule has 2 aromatic carbocycles. The summed E-state index contributed by atoms with van der Waals surface area (Å²) in [7, 11) is 0. The number of nitrogens with zero attached hydrogens (tertiary/aromatic N) is 2. The molecule has 4 rings (SSSR count). The molecule has 0 spiro atoms. The summed E-state index contributed by atoms with van der Waals surface area (Å²) in [4.78, 5) is 177. The van der Waals surface area contributed by atoms with Gasteiger partial charge in [0.05, 0.1) is 72.2 Å². The molecule has 0 aliphatic carbocycles. The number of ketones is 5. The largest absolute Gasteiger partial charge is 0.508 e. The molecule has 4 aromatic rings. The Balaban J connectivity index is 0.000000537.